The Balaban J connectivity index is 1.81. The van der Waals surface area contributed by atoms with Gasteiger partial charge in [0.1, 0.15) is 0 Å². The van der Waals surface area contributed by atoms with Crippen molar-refractivity contribution in [3.05, 3.63) is 35.4 Å². The number of hydrogen-bond donors (Lipinski definition) is 1. The summed E-state index contributed by atoms with van der Waals surface area (Å²) >= 11 is 0. The van der Waals surface area contributed by atoms with Gasteiger partial charge in [-0.2, -0.15) is 13.2 Å². The van der Waals surface area contributed by atoms with Gasteiger partial charge >= 0.3 is 12.1 Å². The molecule has 128 valence electrons. The number of likely N-dealkylation sites (tertiary alicyclic amines) is 1. The maximum absolute atomic E-state index is 13.0. The van der Waals surface area contributed by atoms with Crippen LogP contribution in [0.25, 0.3) is 0 Å². The lowest BCUT2D eigenvalue weighted by atomic mass is 9.89. The zero-order valence-corrected chi connectivity index (χ0v) is 13.0. The lowest BCUT2D eigenvalue weighted by Gasteiger charge is -2.31. The summed E-state index contributed by atoms with van der Waals surface area (Å²) in [4.78, 5) is 12.7. The third kappa shape index (κ3) is 5.53. The van der Waals surface area contributed by atoms with E-state index in [2.05, 4.69) is 4.90 Å². The standard InChI is InChI=1S/C17H22F3NO2/c18-17(19,20)15-4-2-1-3-14(15)6-5-13-7-10-21(11-8-13)12-9-16(22)23/h1-4,13H,5-12H2,(H,22,23). The first-order valence-corrected chi connectivity index (χ1v) is 7.95. The van der Waals surface area contributed by atoms with Crippen LogP contribution < -0.4 is 0 Å². The summed E-state index contributed by atoms with van der Waals surface area (Å²) in [7, 11) is 0. The van der Waals surface area contributed by atoms with Crippen molar-refractivity contribution in [1.82, 2.24) is 4.90 Å². The highest BCUT2D eigenvalue weighted by molar-refractivity contribution is 5.66. The van der Waals surface area contributed by atoms with Gasteiger partial charge < -0.3 is 10.0 Å². The summed E-state index contributed by atoms with van der Waals surface area (Å²) in [5.41, 5.74) is -0.160. The number of aliphatic carboxylic acids is 1. The number of hydrogen-bond acceptors (Lipinski definition) is 2. The molecule has 0 aliphatic carbocycles. The van der Waals surface area contributed by atoms with Crippen molar-refractivity contribution in [3.8, 4) is 0 Å². The molecule has 0 radical (unpaired) electrons. The summed E-state index contributed by atoms with van der Waals surface area (Å²) in [6.07, 6.45) is -1.11. The van der Waals surface area contributed by atoms with Gasteiger partial charge in [-0.15, -0.1) is 0 Å². The molecule has 6 heteroatoms. The first-order valence-electron chi connectivity index (χ1n) is 7.95. The molecule has 0 bridgehead atoms. The third-order valence-corrected chi connectivity index (χ3v) is 4.49. The Labute approximate surface area is 134 Å². The molecule has 1 aromatic carbocycles. The van der Waals surface area contributed by atoms with E-state index in [1.165, 1.54) is 6.07 Å². The van der Waals surface area contributed by atoms with E-state index < -0.39 is 17.7 Å². The normalized spacial score (nSPS) is 17.3. The Bertz CT molecular complexity index is 523. The minimum Gasteiger partial charge on any atom is -0.481 e. The maximum Gasteiger partial charge on any atom is 0.416 e. The fourth-order valence-corrected chi connectivity index (χ4v) is 3.13. The smallest absolute Gasteiger partial charge is 0.416 e. The van der Waals surface area contributed by atoms with Crippen molar-refractivity contribution in [3.63, 3.8) is 0 Å². The molecule has 0 aromatic heterocycles. The van der Waals surface area contributed by atoms with Crippen LogP contribution in [0.2, 0.25) is 0 Å². The highest BCUT2D eigenvalue weighted by Crippen LogP contribution is 2.33. The van der Waals surface area contributed by atoms with E-state index in [-0.39, 0.29) is 6.42 Å². The summed E-state index contributed by atoms with van der Waals surface area (Å²) < 4.78 is 38.9. The number of aryl methyl sites for hydroxylation is 1. The molecule has 0 spiro atoms. The molecule has 0 saturated carbocycles. The van der Waals surface area contributed by atoms with Gasteiger partial charge in [0, 0.05) is 6.54 Å². The SMILES string of the molecule is O=C(O)CCN1CCC(CCc2ccccc2C(F)(F)F)CC1. The van der Waals surface area contributed by atoms with E-state index in [4.69, 9.17) is 5.11 Å². The molecule has 1 aliphatic rings. The van der Waals surface area contributed by atoms with Crippen LogP contribution in [0.15, 0.2) is 24.3 Å². The van der Waals surface area contributed by atoms with Gasteiger partial charge in [-0.25, -0.2) is 0 Å². The molecule has 1 heterocycles. The van der Waals surface area contributed by atoms with E-state index >= 15 is 0 Å². The summed E-state index contributed by atoms with van der Waals surface area (Å²) in [6, 6.07) is 5.78. The maximum atomic E-state index is 13.0. The fourth-order valence-electron chi connectivity index (χ4n) is 3.13. The minimum absolute atomic E-state index is 0.142. The largest absolute Gasteiger partial charge is 0.481 e. The highest BCUT2D eigenvalue weighted by Gasteiger charge is 2.32. The lowest BCUT2D eigenvalue weighted by molar-refractivity contribution is -0.138. The van der Waals surface area contributed by atoms with Gasteiger partial charge in [-0.1, -0.05) is 18.2 Å². The Morgan fingerprint density at radius 3 is 2.48 bits per heavy atom. The molecule has 0 unspecified atom stereocenters. The predicted molar refractivity (Wildman–Crippen MR) is 81.2 cm³/mol. The summed E-state index contributed by atoms with van der Waals surface area (Å²) in [5, 5.41) is 8.68. The number of carbonyl (C=O) groups is 1. The van der Waals surface area contributed by atoms with Crippen molar-refractivity contribution in [2.75, 3.05) is 19.6 Å². The minimum atomic E-state index is -4.29. The first-order chi connectivity index (χ1) is 10.9. The van der Waals surface area contributed by atoms with Crippen LogP contribution in [0.5, 0.6) is 0 Å². The molecular weight excluding hydrogens is 307 g/mol. The number of nitrogens with zero attached hydrogens (tertiary/aromatic N) is 1. The number of halogens is 3. The van der Waals surface area contributed by atoms with Crippen LogP contribution in [0.4, 0.5) is 13.2 Å². The van der Waals surface area contributed by atoms with Crippen molar-refractivity contribution in [2.45, 2.75) is 38.3 Å². The average Bonchev–Trinajstić information content (AvgIpc) is 2.51. The number of rotatable bonds is 6. The number of carboxylic acid groups (broad SMARTS) is 1. The van der Waals surface area contributed by atoms with E-state index in [0.29, 0.717) is 24.4 Å². The molecule has 1 fully saturated rings. The van der Waals surface area contributed by atoms with Crippen LogP contribution in [0.1, 0.15) is 36.8 Å². The van der Waals surface area contributed by atoms with Crippen LogP contribution in [-0.2, 0) is 17.4 Å². The van der Waals surface area contributed by atoms with E-state index in [9.17, 15) is 18.0 Å². The van der Waals surface area contributed by atoms with Gasteiger partial charge in [0.15, 0.2) is 0 Å². The number of carboxylic acids is 1. The van der Waals surface area contributed by atoms with Crippen molar-refractivity contribution < 1.29 is 23.1 Å². The van der Waals surface area contributed by atoms with E-state index in [0.717, 1.165) is 38.4 Å². The zero-order chi connectivity index (χ0) is 16.9. The van der Waals surface area contributed by atoms with Crippen LogP contribution >= 0.6 is 0 Å². The van der Waals surface area contributed by atoms with Crippen molar-refractivity contribution in [2.24, 2.45) is 5.92 Å². The monoisotopic (exact) mass is 329 g/mol. The molecule has 3 nitrogen and oxygen atoms in total. The number of benzene rings is 1. The molecule has 2 rings (SSSR count). The molecule has 23 heavy (non-hydrogen) atoms. The molecule has 0 atom stereocenters. The lowest BCUT2D eigenvalue weighted by Crippen LogP contribution is -2.35. The predicted octanol–water partition coefficient (Wildman–Crippen LogP) is 3.82. The van der Waals surface area contributed by atoms with Gasteiger partial charge in [-0.3, -0.25) is 4.79 Å². The first kappa shape index (κ1) is 17.8. The second-order valence-electron chi connectivity index (χ2n) is 6.12. The summed E-state index contributed by atoms with van der Waals surface area (Å²) in [5.74, 6) is -0.381. The van der Waals surface area contributed by atoms with Gasteiger partial charge in [0.05, 0.1) is 12.0 Å². The van der Waals surface area contributed by atoms with Gasteiger partial charge in [0.2, 0.25) is 0 Å². The highest BCUT2D eigenvalue weighted by atomic mass is 19.4. The third-order valence-electron chi connectivity index (χ3n) is 4.49. The Morgan fingerprint density at radius 1 is 1.22 bits per heavy atom. The fraction of sp³-hybridized carbons (Fsp3) is 0.588. The second-order valence-corrected chi connectivity index (χ2v) is 6.12. The second kappa shape index (κ2) is 7.81. The van der Waals surface area contributed by atoms with Gasteiger partial charge in [-0.05, 0) is 56.3 Å². The Kier molecular flexibility index (Phi) is 6.04. The number of piperidine rings is 1. The molecule has 1 N–H and O–H groups in total. The summed E-state index contributed by atoms with van der Waals surface area (Å²) in [6.45, 7) is 2.22. The van der Waals surface area contributed by atoms with Crippen LogP contribution in [-0.4, -0.2) is 35.6 Å². The molecule has 1 aliphatic heterocycles. The van der Waals surface area contributed by atoms with Crippen molar-refractivity contribution in [1.29, 1.82) is 0 Å². The zero-order valence-electron chi connectivity index (χ0n) is 13.0. The van der Waals surface area contributed by atoms with Crippen molar-refractivity contribution >= 4 is 5.97 Å². The molecule has 1 aromatic rings. The van der Waals surface area contributed by atoms with Gasteiger partial charge in [0.25, 0.3) is 0 Å². The molecule has 1 saturated heterocycles. The topological polar surface area (TPSA) is 40.5 Å². The Hall–Kier alpha value is -1.56. The van der Waals surface area contributed by atoms with Crippen LogP contribution in [0, 0.1) is 5.92 Å². The quantitative estimate of drug-likeness (QED) is 0.862. The molecule has 0 amide bonds. The van der Waals surface area contributed by atoms with Crippen LogP contribution in [0.3, 0.4) is 0 Å². The number of alkyl halides is 3. The van der Waals surface area contributed by atoms with E-state index in [1.807, 2.05) is 0 Å². The average molecular weight is 329 g/mol. The molecular formula is C17H22F3NO2. The van der Waals surface area contributed by atoms with E-state index in [1.54, 1.807) is 12.1 Å². The Morgan fingerprint density at radius 2 is 1.87 bits per heavy atom.